The standard InChI is InChI=1S/C15H22N4O2/c1-11(2)18-8-9-19(13(10-18)14(20)16-3)15(21)12-6-4-5-7-17-12/h4-7,11,13H,8-10H2,1-3H3,(H,16,20)/t13-/m0/s1. The molecule has 0 spiro atoms. The van der Waals surface area contributed by atoms with Gasteiger partial charge in [-0.05, 0) is 26.0 Å². The Balaban J connectivity index is 2.21. The van der Waals surface area contributed by atoms with Crippen molar-refractivity contribution in [1.82, 2.24) is 20.1 Å². The summed E-state index contributed by atoms with van der Waals surface area (Å²) in [7, 11) is 1.60. The monoisotopic (exact) mass is 290 g/mol. The number of aromatic nitrogens is 1. The highest BCUT2D eigenvalue weighted by Crippen LogP contribution is 2.15. The second kappa shape index (κ2) is 6.67. The number of hydrogen-bond acceptors (Lipinski definition) is 4. The van der Waals surface area contributed by atoms with Crippen LogP contribution in [0.2, 0.25) is 0 Å². The molecule has 1 aliphatic heterocycles. The van der Waals surface area contributed by atoms with E-state index in [1.165, 1.54) is 0 Å². The summed E-state index contributed by atoms with van der Waals surface area (Å²) in [5.74, 6) is -0.322. The van der Waals surface area contributed by atoms with Gasteiger partial charge in [0.2, 0.25) is 5.91 Å². The van der Waals surface area contributed by atoms with Gasteiger partial charge < -0.3 is 10.2 Å². The van der Waals surface area contributed by atoms with Crippen molar-refractivity contribution in [1.29, 1.82) is 0 Å². The molecule has 0 aromatic carbocycles. The Morgan fingerprint density at radius 1 is 1.33 bits per heavy atom. The number of hydrogen-bond donors (Lipinski definition) is 1. The number of amides is 2. The molecule has 2 rings (SSSR count). The summed E-state index contributed by atoms with van der Waals surface area (Å²) in [6.45, 7) is 6.04. The van der Waals surface area contributed by atoms with E-state index in [9.17, 15) is 9.59 Å². The zero-order valence-corrected chi connectivity index (χ0v) is 12.7. The van der Waals surface area contributed by atoms with Crippen molar-refractivity contribution in [3.63, 3.8) is 0 Å². The van der Waals surface area contributed by atoms with E-state index in [2.05, 4.69) is 29.0 Å². The van der Waals surface area contributed by atoms with Gasteiger partial charge in [0, 0.05) is 38.9 Å². The SMILES string of the molecule is CNC(=O)[C@@H]1CN(C(C)C)CCN1C(=O)c1ccccn1. The first-order valence-corrected chi connectivity index (χ1v) is 7.22. The Kier molecular flexibility index (Phi) is 4.90. The summed E-state index contributed by atoms with van der Waals surface area (Å²) in [5.41, 5.74) is 0.379. The van der Waals surface area contributed by atoms with E-state index in [4.69, 9.17) is 0 Å². The predicted octanol–water partition coefficient (Wildman–Crippen LogP) is 0.362. The maximum Gasteiger partial charge on any atom is 0.273 e. The number of carbonyl (C=O) groups excluding carboxylic acids is 2. The van der Waals surface area contributed by atoms with Gasteiger partial charge >= 0.3 is 0 Å². The van der Waals surface area contributed by atoms with Crippen molar-refractivity contribution in [3.05, 3.63) is 30.1 Å². The first-order valence-electron chi connectivity index (χ1n) is 7.22. The average Bonchev–Trinajstić information content (AvgIpc) is 2.53. The fourth-order valence-electron chi connectivity index (χ4n) is 2.54. The summed E-state index contributed by atoms with van der Waals surface area (Å²) in [4.78, 5) is 32.6. The molecule has 1 aromatic heterocycles. The van der Waals surface area contributed by atoms with Crippen LogP contribution in [-0.2, 0) is 4.79 Å². The van der Waals surface area contributed by atoms with E-state index in [1.807, 2.05) is 0 Å². The minimum absolute atomic E-state index is 0.135. The number of carbonyl (C=O) groups is 2. The molecule has 1 atom stereocenters. The predicted molar refractivity (Wildman–Crippen MR) is 79.8 cm³/mol. The summed E-state index contributed by atoms with van der Waals surface area (Å²) in [6.07, 6.45) is 1.59. The van der Waals surface area contributed by atoms with Crippen LogP contribution in [-0.4, -0.2) is 65.4 Å². The molecule has 1 saturated heterocycles. The Labute approximate surface area is 125 Å². The zero-order valence-electron chi connectivity index (χ0n) is 12.7. The number of piperazine rings is 1. The van der Waals surface area contributed by atoms with Gasteiger partial charge in [-0.2, -0.15) is 0 Å². The Morgan fingerprint density at radius 3 is 2.67 bits per heavy atom. The molecular formula is C15H22N4O2. The quantitative estimate of drug-likeness (QED) is 0.873. The van der Waals surface area contributed by atoms with Gasteiger partial charge in [-0.1, -0.05) is 6.07 Å². The number of rotatable bonds is 3. The van der Waals surface area contributed by atoms with Crippen LogP contribution >= 0.6 is 0 Å². The lowest BCUT2D eigenvalue weighted by Crippen LogP contribution is -2.61. The molecule has 0 unspecified atom stereocenters. The number of nitrogens with one attached hydrogen (secondary N) is 1. The maximum absolute atomic E-state index is 12.6. The molecule has 2 amide bonds. The number of pyridine rings is 1. The summed E-state index contributed by atoms with van der Waals surface area (Å²) >= 11 is 0. The molecule has 6 heteroatoms. The largest absolute Gasteiger partial charge is 0.357 e. The Hall–Kier alpha value is -1.95. The fraction of sp³-hybridized carbons (Fsp3) is 0.533. The molecule has 0 bridgehead atoms. The maximum atomic E-state index is 12.6. The Bertz CT molecular complexity index is 504. The van der Waals surface area contributed by atoms with Gasteiger partial charge in [-0.15, -0.1) is 0 Å². The molecule has 114 valence electrons. The molecule has 1 aromatic rings. The van der Waals surface area contributed by atoms with Crippen molar-refractivity contribution >= 4 is 11.8 Å². The van der Waals surface area contributed by atoms with Gasteiger partial charge in [-0.25, -0.2) is 0 Å². The van der Waals surface area contributed by atoms with E-state index >= 15 is 0 Å². The van der Waals surface area contributed by atoms with Gasteiger partial charge in [0.05, 0.1) is 0 Å². The van der Waals surface area contributed by atoms with E-state index < -0.39 is 6.04 Å². The summed E-state index contributed by atoms with van der Waals surface area (Å²) in [6, 6.07) is 5.10. The van der Waals surface area contributed by atoms with Crippen molar-refractivity contribution in [2.45, 2.75) is 25.9 Å². The molecule has 1 aliphatic rings. The molecule has 6 nitrogen and oxygen atoms in total. The second-order valence-corrected chi connectivity index (χ2v) is 5.43. The molecule has 0 saturated carbocycles. The van der Waals surface area contributed by atoms with Crippen LogP contribution in [0.3, 0.4) is 0 Å². The van der Waals surface area contributed by atoms with Crippen LogP contribution in [0.4, 0.5) is 0 Å². The topological polar surface area (TPSA) is 65.5 Å². The highest BCUT2D eigenvalue weighted by molar-refractivity contribution is 5.96. The van der Waals surface area contributed by atoms with E-state index in [1.54, 1.807) is 36.3 Å². The highest BCUT2D eigenvalue weighted by Gasteiger charge is 2.36. The van der Waals surface area contributed by atoms with Crippen molar-refractivity contribution in [2.24, 2.45) is 0 Å². The van der Waals surface area contributed by atoms with Crippen LogP contribution in [0.15, 0.2) is 24.4 Å². The molecule has 2 heterocycles. The summed E-state index contributed by atoms with van der Waals surface area (Å²) < 4.78 is 0. The third-order valence-corrected chi connectivity index (χ3v) is 3.84. The van der Waals surface area contributed by atoms with Crippen LogP contribution in [0, 0.1) is 0 Å². The lowest BCUT2D eigenvalue weighted by atomic mass is 10.1. The van der Waals surface area contributed by atoms with Crippen LogP contribution in [0.1, 0.15) is 24.3 Å². The van der Waals surface area contributed by atoms with Crippen molar-refractivity contribution < 1.29 is 9.59 Å². The second-order valence-electron chi connectivity index (χ2n) is 5.43. The van der Waals surface area contributed by atoms with Gasteiger partial charge in [-0.3, -0.25) is 19.5 Å². The smallest absolute Gasteiger partial charge is 0.273 e. The summed E-state index contributed by atoms with van der Waals surface area (Å²) in [5, 5.41) is 2.65. The van der Waals surface area contributed by atoms with Gasteiger partial charge in [0.1, 0.15) is 11.7 Å². The number of likely N-dealkylation sites (N-methyl/N-ethyl adjacent to an activating group) is 1. The lowest BCUT2D eigenvalue weighted by Gasteiger charge is -2.41. The van der Waals surface area contributed by atoms with E-state index in [0.29, 0.717) is 24.8 Å². The van der Waals surface area contributed by atoms with Gasteiger partial charge in [0.15, 0.2) is 0 Å². The number of nitrogens with zero attached hydrogens (tertiary/aromatic N) is 3. The third kappa shape index (κ3) is 3.39. The molecular weight excluding hydrogens is 268 g/mol. The minimum atomic E-state index is -0.472. The van der Waals surface area contributed by atoms with Gasteiger partial charge in [0.25, 0.3) is 5.91 Å². The lowest BCUT2D eigenvalue weighted by molar-refractivity contribution is -0.127. The molecule has 1 fully saturated rings. The average molecular weight is 290 g/mol. The molecule has 1 N–H and O–H groups in total. The normalized spacial score (nSPS) is 19.6. The molecule has 0 aliphatic carbocycles. The van der Waals surface area contributed by atoms with Crippen molar-refractivity contribution in [3.8, 4) is 0 Å². The van der Waals surface area contributed by atoms with Crippen LogP contribution in [0.25, 0.3) is 0 Å². The molecule has 0 radical (unpaired) electrons. The third-order valence-electron chi connectivity index (χ3n) is 3.84. The minimum Gasteiger partial charge on any atom is -0.357 e. The van der Waals surface area contributed by atoms with E-state index in [-0.39, 0.29) is 11.8 Å². The molecule has 21 heavy (non-hydrogen) atoms. The Morgan fingerprint density at radius 2 is 2.10 bits per heavy atom. The zero-order chi connectivity index (χ0) is 15.4. The van der Waals surface area contributed by atoms with Crippen LogP contribution in [0.5, 0.6) is 0 Å². The van der Waals surface area contributed by atoms with E-state index in [0.717, 1.165) is 6.54 Å². The van der Waals surface area contributed by atoms with Crippen LogP contribution < -0.4 is 5.32 Å². The first kappa shape index (κ1) is 15.4. The first-order chi connectivity index (χ1) is 10.0. The highest BCUT2D eigenvalue weighted by atomic mass is 16.2. The van der Waals surface area contributed by atoms with Crippen molar-refractivity contribution in [2.75, 3.05) is 26.7 Å². The fourth-order valence-corrected chi connectivity index (χ4v) is 2.54.